The summed E-state index contributed by atoms with van der Waals surface area (Å²) in [6.45, 7) is 4.06. The Labute approximate surface area is 77.7 Å². The molecule has 1 aromatic heterocycles. The summed E-state index contributed by atoms with van der Waals surface area (Å²) in [5.41, 5.74) is 0. The number of aromatic nitrogens is 1. The first-order chi connectivity index (χ1) is 6.34. The van der Waals surface area contributed by atoms with Gasteiger partial charge in [-0.1, -0.05) is 0 Å². The number of hydrogen-bond acceptors (Lipinski definition) is 4. The molecule has 0 aliphatic carbocycles. The molecule has 0 saturated carbocycles. The normalized spacial score (nSPS) is 18.8. The maximum absolute atomic E-state index is 5.34. The monoisotopic (exact) mass is 181 g/mol. The number of rotatable bonds is 2. The molecule has 2 heterocycles. The van der Waals surface area contributed by atoms with Crippen LogP contribution in [0.1, 0.15) is 18.6 Å². The summed E-state index contributed by atoms with van der Waals surface area (Å²) in [5.74, 6) is 0.858. The predicted octanol–water partition coefficient (Wildman–Crippen LogP) is 1.15. The smallest absolute Gasteiger partial charge is 0.294 e. The molecule has 13 heavy (non-hydrogen) atoms. The Morgan fingerprint density at radius 2 is 2.31 bits per heavy atom. The molecule has 4 heteroatoms. The van der Waals surface area contributed by atoms with Crippen molar-refractivity contribution in [2.75, 3.05) is 18.4 Å². The summed E-state index contributed by atoms with van der Waals surface area (Å²) in [7, 11) is 0. The van der Waals surface area contributed by atoms with Crippen LogP contribution in [0.5, 0.6) is 0 Å². The van der Waals surface area contributed by atoms with E-state index in [1.54, 1.807) is 6.20 Å². The Hall–Kier alpha value is -1.03. The van der Waals surface area contributed by atoms with E-state index >= 15 is 0 Å². The van der Waals surface area contributed by atoms with Crippen molar-refractivity contribution in [3.8, 4) is 0 Å². The first kappa shape index (κ1) is 8.56. The molecule has 2 N–H and O–H groups in total. The van der Waals surface area contributed by atoms with Crippen LogP contribution in [0, 0.1) is 6.92 Å². The number of anilines is 1. The molecular weight excluding hydrogens is 166 g/mol. The molecule has 1 aliphatic rings. The van der Waals surface area contributed by atoms with Gasteiger partial charge >= 0.3 is 0 Å². The minimum absolute atomic E-state index is 0.513. The lowest BCUT2D eigenvalue weighted by atomic mass is 10.1. The quantitative estimate of drug-likeness (QED) is 0.718. The summed E-state index contributed by atoms with van der Waals surface area (Å²) in [5, 5.41) is 6.60. The van der Waals surface area contributed by atoms with Crippen molar-refractivity contribution in [2.24, 2.45) is 0 Å². The molecule has 0 radical (unpaired) electrons. The second-order valence-electron chi connectivity index (χ2n) is 3.44. The van der Waals surface area contributed by atoms with Crippen LogP contribution in [0.4, 0.5) is 6.01 Å². The molecular formula is C9H15N3O. The van der Waals surface area contributed by atoms with Crippen LogP contribution in [-0.2, 0) is 0 Å². The van der Waals surface area contributed by atoms with E-state index in [1.165, 1.54) is 0 Å². The van der Waals surface area contributed by atoms with Crippen molar-refractivity contribution < 1.29 is 4.42 Å². The van der Waals surface area contributed by atoms with E-state index in [9.17, 15) is 0 Å². The first-order valence-electron chi connectivity index (χ1n) is 4.74. The van der Waals surface area contributed by atoms with Gasteiger partial charge in [-0.05, 0) is 32.9 Å². The third-order valence-electron chi connectivity index (χ3n) is 2.29. The molecule has 0 amide bonds. The van der Waals surface area contributed by atoms with Gasteiger partial charge in [0, 0.05) is 6.04 Å². The van der Waals surface area contributed by atoms with E-state index in [2.05, 4.69) is 15.6 Å². The summed E-state index contributed by atoms with van der Waals surface area (Å²) in [6, 6.07) is 1.17. The standard InChI is InChI=1S/C9H15N3O/c1-7-6-11-9(13-7)12-8-2-4-10-5-3-8/h6,8,10H,2-5H2,1H3,(H,11,12). The minimum atomic E-state index is 0.513. The molecule has 0 atom stereocenters. The van der Waals surface area contributed by atoms with E-state index in [0.29, 0.717) is 12.1 Å². The Morgan fingerprint density at radius 3 is 2.92 bits per heavy atom. The highest BCUT2D eigenvalue weighted by molar-refractivity contribution is 5.22. The second kappa shape index (κ2) is 3.79. The highest BCUT2D eigenvalue weighted by atomic mass is 16.4. The van der Waals surface area contributed by atoms with Gasteiger partial charge < -0.3 is 15.1 Å². The molecule has 4 nitrogen and oxygen atoms in total. The van der Waals surface area contributed by atoms with Crippen molar-refractivity contribution in [3.05, 3.63) is 12.0 Å². The lowest BCUT2D eigenvalue weighted by Crippen LogP contribution is -2.35. The van der Waals surface area contributed by atoms with Crippen LogP contribution in [0.25, 0.3) is 0 Å². The molecule has 0 spiro atoms. The number of nitrogens with one attached hydrogen (secondary N) is 2. The molecule has 72 valence electrons. The summed E-state index contributed by atoms with van der Waals surface area (Å²) < 4.78 is 5.34. The third-order valence-corrected chi connectivity index (χ3v) is 2.29. The van der Waals surface area contributed by atoms with E-state index < -0.39 is 0 Å². The Morgan fingerprint density at radius 1 is 1.54 bits per heavy atom. The van der Waals surface area contributed by atoms with E-state index in [0.717, 1.165) is 31.7 Å². The van der Waals surface area contributed by atoms with Gasteiger partial charge in [0.15, 0.2) is 0 Å². The van der Waals surface area contributed by atoms with Crippen molar-refractivity contribution in [3.63, 3.8) is 0 Å². The molecule has 1 saturated heterocycles. The topological polar surface area (TPSA) is 50.1 Å². The molecule has 2 rings (SSSR count). The van der Waals surface area contributed by atoms with Crippen LogP contribution in [0.3, 0.4) is 0 Å². The molecule has 0 unspecified atom stereocenters. The molecule has 1 aliphatic heterocycles. The lowest BCUT2D eigenvalue weighted by molar-refractivity contribution is 0.458. The Bertz CT molecular complexity index is 266. The second-order valence-corrected chi connectivity index (χ2v) is 3.44. The average molecular weight is 181 g/mol. The lowest BCUT2D eigenvalue weighted by Gasteiger charge is -2.22. The predicted molar refractivity (Wildman–Crippen MR) is 50.8 cm³/mol. The number of aryl methyl sites for hydroxylation is 1. The maximum atomic E-state index is 5.34. The SMILES string of the molecule is Cc1cnc(NC2CCNCC2)o1. The number of hydrogen-bond donors (Lipinski definition) is 2. The minimum Gasteiger partial charge on any atom is -0.429 e. The van der Waals surface area contributed by atoms with Crippen molar-refractivity contribution >= 4 is 6.01 Å². The van der Waals surface area contributed by atoms with Crippen LogP contribution >= 0.6 is 0 Å². The highest BCUT2D eigenvalue weighted by Gasteiger charge is 2.14. The van der Waals surface area contributed by atoms with Gasteiger partial charge in [-0.3, -0.25) is 0 Å². The van der Waals surface area contributed by atoms with Crippen molar-refractivity contribution in [2.45, 2.75) is 25.8 Å². The molecule has 1 aromatic rings. The third kappa shape index (κ3) is 2.21. The summed E-state index contributed by atoms with van der Waals surface area (Å²) >= 11 is 0. The van der Waals surface area contributed by atoms with Gasteiger partial charge in [-0.2, -0.15) is 0 Å². The number of nitrogens with zero attached hydrogens (tertiary/aromatic N) is 1. The van der Waals surface area contributed by atoms with E-state index in [4.69, 9.17) is 4.42 Å². The zero-order chi connectivity index (χ0) is 9.10. The highest BCUT2D eigenvalue weighted by Crippen LogP contribution is 2.12. The van der Waals surface area contributed by atoms with Gasteiger partial charge in [0.2, 0.25) is 0 Å². The number of piperidine rings is 1. The fraction of sp³-hybridized carbons (Fsp3) is 0.667. The zero-order valence-corrected chi connectivity index (χ0v) is 7.84. The fourth-order valence-electron chi connectivity index (χ4n) is 1.56. The van der Waals surface area contributed by atoms with Gasteiger partial charge in [-0.25, -0.2) is 4.98 Å². The summed E-state index contributed by atoms with van der Waals surface area (Å²) in [4.78, 5) is 4.11. The molecule has 0 bridgehead atoms. The van der Waals surface area contributed by atoms with Gasteiger partial charge in [0.1, 0.15) is 5.76 Å². The molecule has 0 aromatic carbocycles. The summed E-state index contributed by atoms with van der Waals surface area (Å²) in [6.07, 6.45) is 4.02. The van der Waals surface area contributed by atoms with Crippen molar-refractivity contribution in [1.29, 1.82) is 0 Å². The Balaban J connectivity index is 1.89. The van der Waals surface area contributed by atoms with Gasteiger partial charge in [-0.15, -0.1) is 0 Å². The Kier molecular flexibility index (Phi) is 2.49. The van der Waals surface area contributed by atoms with Crippen LogP contribution in [0.2, 0.25) is 0 Å². The van der Waals surface area contributed by atoms with Crippen molar-refractivity contribution in [1.82, 2.24) is 10.3 Å². The van der Waals surface area contributed by atoms with Crippen LogP contribution in [0.15, 0.2) is 10.6 Å². The largest absolute Gasteiger partial charge is 0.429 e. The van der Waals surface area contributed by atoms with E-state index in [1.807, 2.05) is 6.92 Å². The first-order valence-corrected chi connectivity index (χ1v) is 4.74. The number of oxazole rings is 1. The van der Waals surface area contributed by atoms with E-state index in [-0.39, 0.29) is 0 Å². The average Bonchev–Trinajstić information content (AvgIpc) is 2.53. The molecule has 1 fully saturated rings. The van der Waals surface area contributed by atoms with Gasteiger partial charge in [0.25, 0.3) is 6.01 Å². The van der Waals surface area contributed by atoms with Gasteiger partial charge in [0.05, 0.1) is 6.20 Å². The van der Waals surface area contributed by atoms with Crippen LogP contribution in [-0.4, -0.2) is 24.1 Å². The maximum Gasteiger partial charge on any atom is 0.294 e. The fourth-order valence-corrected chi connectivity index (χ4v) is 1.56. The van der Waals surface area contributed by atoms with Crippen LogP contribution < -0.4 is 10.6 Å². The zero-order valence-electron chi connectivity index (χ0n) is 7.84.